The molecule has 34 heavy (non-hydrogen) atoms. The summed E-state index contributed by atoms with van der Waals surface area (Å²) in [5.41, 5.74) is 10.9. The fourth-order valence-corrected chi connectivity index (χ4v) is 3.56. The molecule has 0 aliphatic carbocycles. The fourth-order valence-electron chi connectivity index (χ4n) is 3.56. The van der Waals surface area contributed by atoms with Crippen LogP contribution in [0.3, 0.4) is 0 Å². The Kier molecular flexibility index (Phi) is 5.72. The molecule has 1 atom stereocenters. The lowest BCUT2D eigenvalue weighted by molar-refractivity contribution is 0.624. The first-order valence-electron chi connectivity index (χ1n) is 10.0. The van der Waals surface area contributed by atoms with E-state index in [9.17, 15) is 19.7 Å². The summed E-state index contributed by atoms with van der Waals surface area (Å²) in [7, 11) is 0. The second-order valence-corrected chi connectivity index (χ2v) is 7.16. The van der Waals surface area contributed by atoms with E-state index in [2.05, 4.69) is 25.3 Å². The van der Waals surface area contributed by atoms with Gasteiger partial charge in [0.05, 0.1) is 28.9 Å². The van der Waals surface area contributed by atoms with Crippen LogP contribution in [0.1, 0.15) is 36.3 Å². The maximum absolute atomic E-state index is 14.8. The number of nitrogens with one attached hydrogen (secondary N) is 1. The third kappa shape index (κ3) is 3.69. The maximum Gasteiger partial charge on any atom is 0.267 e. The van der Waals surface area contributed by atoms with Crippen LogP contribution in [-0.2, 0) is 0 Å². The van der Waals surface area contributed by atoms with Gasteiger partial charge in [0.15, 0.2) is 5.82 Å². The fraction of sp³-hybridized carbons (Fsp3) is 0.136. The standard InChI is InChI=1S/C22H17FN10O/c1-2-15(29-19-13(9-25)18(26)31-22(27)32-19)20-30-17-14(23)6-5-11(8-24)16(17)21(34)33(20)12-4-3-7-28-10-12/h3-7,10,15H,2H2,1H3,(H5,26,27,29,31,32)/t15-/m0/s1. The van der Waals surface area contributed by atoms with Gasteiger partial charge in [0, 0.05) is 6.20 Å². The number of nitriles is 2. The molecule has 3 heterocycles. The largest absolute Gasteiger partial charge is 0.382 e. The Morgan fingerprint density at radius 3 is 2.62 bits per heavy atom. The highest BCUT2D eigenvalue weighted by Gasteiger charge is 2.25. The number of benzene rings is 1. The summed E-state index contributed by atoms with van der Waals surface area (Å²) in [4.78, 5) is 30.0. The van der Waals surface area contributed by atoms with E-state index in [1.54, 1.807) is 19.1 Å². The van der Waals surface area contributed by atoms with Crippen LogP contribution in [-0.4, -0.2) is 24.5 Å². The smallest absolute Gasteiger partial charge is 0.267 e. The molecule has 0 aliphatic heterocycles. The Morgan fingerprint density at radius 1 is 1.18 bits per heavy atom. The van der Waals surface area contributed by atoms with Crippen molar-refractivity contribution in [3.05, 3.63) is 69.8 Å². The van der Waals surface area contributed by atoms with Crippen molar-refractivity contribution in [1.29, 1.82) is 10.5 Å². The third-order valence-corrected chi connectivity index (χ3v) is 5.12. The van der Waals surface area contributed by atoms with E-state index < -0.39 is 17.4 Å². The molecule has 1 aromatic carbocycles. The Hall–Kier alpha value is -5.10. The van der Waals surface area contributed by atoms with Gasteiger partial charge in [-0.25, -0.2) is 9.37 Å². The maximum atomic E-state index is 14.8. The summed E-state index contributed by atoms with van der Waals surface area (Å²) in [5, 5.41) is 21.9. The van der Waals surface area contributed by atoms with Crippen LogP contribution in [0.15, 0.2) is 41.5 Å². The zero-order valence-electron chi connectivity index (χ0n) is 17.8. The van der Waals surface area contributed by atoms with Crippen LogP contribution >= 0.6 is 0 Å². The molecule has 0 amide bonds. The van der Waals surface area contributed by atoms with Crippen molar-refractivity contribution in [3.8, 4) is 17.8 Å². The predicted molar refractivity (Wildman–Crippen MR) is 122 cm³/mol. The van der Waals surface area contributed by atoms with Gasteiger partial charge in [0.1, 0.15) is 40.7 Å². The highest BCUT2D eigenvalue weighted by Crippen LogP contribution is 2.28. The number of hydrogen-bond acceptors (Lipinski definition) is 10. The molecule has 4 rings (SSSR count). The van der Waals surface area contributed by atoms with Gasteiger partial charge in [-0.3, -0.25) is 14.3 Å². The normalized spacial score (nSPS) is 11.5. The molecule has 4 aromatic rings. The lowest BCUT2D eigenvalue weighted by Gasteiger charge is -2.22. The van der Waals surface area contributed by atoms with Crippen molar-refractivity contribution < 1.29 is 4.39 Å². The van der Waals surface area contributed by atoms with Gasteiger partial charge in [-0.2, -0.15) is 20.5 Å². The molecule has 0 spiro atoms. The van der Waals surface area contributed by atoms with Crippen molar-refractivity contribution in [2.45, 2.75) is 19.4 Å². The van der Waals surface area contributed by atoms with Gasteiger partial charge in [-0.1, -0.05) is 6.92 Å². The van der Waals surface area contributed by atoms with Gasteiger partial charge < -0.3 is 16.8 Å². The number of nitrogens with zero attached hydrogens (tertiary/aromatic N) is 7. The van der Waals surface area contributed by atoms with Gasteiger partial charge in [0.25, 0.3) is 5.56 Å². The molecule has 0 unspecified atom stereocenters. The van der Waals surface area contributed by atoms with Gasteiger partial charge in [-0.15, -0.1) is 0 Å². The summed E-state index contributed by atoms with van der Waals surface area (Å²) in [6.45, 7) is 1.80. The summed E-state index contributed by atoms with van der Waals surface area (Å²) in [6, 6.07) is 8.66. The van der Waals surface area contributed by atoms with E-state index >= 15 is 0 Å². The molecule has 0 radical (unpaired) electrons. The van der Waals surface area contributed by atoms with Gasteiger partial charge in [0.2, 0.25) is 5.95 Å². The quantitative estimate of drug-likeness (QED) is 0.402. The number of rotatable bonds is 5. The van der Waals surface area contributed by atoms with E-state index in [4.69, 9.17) is 11.5 Å². The number of anilines is 3. The molecule has 11 nitrogen and oxygen atoms in total. The molecular formula is C22H17FN10O. The minimum Gasteiger partial charge on any atom is -0.382 e. The number of hydrogen-bond donors (Lipinski definition) is 3. The molecule has 3 aromatic heterocycles. The molecule has 0 fully saturated rings. The molecule has 0 aliphatic rings. The Morgan fingerprint density at radius 2 is 1.97 bits per heavy atom. The highest BCUT2D eigenvalue weighted by atomic mass is 19.1. The molecule has 168 valence electrons. The summed E-state index contributed by atoms with van der Waals surface area (Å²) >= 11 is 0. The summed E-state index contributed by atoms with van der Waals surface area (Å²) < 4.78 is 16.0. The second-order valence-electron chi connectivity index (χ2n) is 7.16. The van der Waals surface area contributed by atoms with Crippen molar-refractivity contribution in [1.82, 2.24) is 24.5 Å². The lowest BCUT2D eigenvalue weighted by Crippen LogP contribution is -2.29. The predicted octanol–water partition coefficient (Wildman–Crippen LogP) is 2.18. The van der Waals surface area contributed by atoms with Crippen LogP contribution in [0.5, 0.6) is 0 Å². The average molecular weight is 456 g/mol. The van der Waals surface area contributed by atoms with E-state index in [0.29, 0.717) is 12.1 Å². The first-order chi connectivity index (χ1) is 16.4. The number of nitrogens with two attached hydrogens (primary N) is 2. The Balaban J connectivity index is 2.03. The Labute approximate surface area is 192 Å². The monoisotopic (exact) mass is 456 g/mol. The molecule has 0 saturated carbocycles. The number of pyridine rings is 1. The summed E-state index contributed by atoms with van der Waals surface area (Å²) in [6.07, 6.45) is 3.31. The second kappa shape index (κ2) is 8.80. The van der Waals surface area contributed by atoms with Crippen molar-refractivity contribution in [2.75, 3.05) is 16.8 Å². The van der Waals surface area contributed by atoms with Crippen LogP contribution in [0, 0.1) is 28.5 Å². The molecule has 12 heteroatoms. The van der Waals surface area contributed by atoms with Crippen LogP contribution < -0.4 is 22.3 Å². The van der Waals surface area contributed by atoms with E-state index in [1.165, 1.54) is 23.0 Å². The van der Waals surface area contributed by atoms with Crippen LogP contribution in [0.4, 0.5) is 22.0 Å². The van der Waals surface area contributed by atoms with E-state index in [1.807, 2.05) is 12.1 Å². The molecule has 0 bridgehead atoms. The summed E-state index contributed by atoms with van der Waals surface area (Å²) in [5.74, 6) is -0.879. The number of fused-ring (bicyclic) bond motifs is 1. The van der Waals surface area contributed by atoms with E-state index in [-0.39, 0.29) is 45.4 Å². The minimum absolute atomic E-state index is 0.0118. The zero-order chi connectivity index (χ0) is 24.4. The van der Waals surface area contributed by atoms with Crippen LogP contribution in [0.25, 0.3) is 16.6 Å². The molecular weight excluding hydrogens is 439 g/mol. The first kappa shape index (κ1) is 22.1. The van der Waals surface area contributed by atoms with Crippen molar-refractivity contribution in [3.63, 3.8) is 0 Å². The van der Waals surface area contributed by atoms with E-state index in [0.717, 1.165) is 6.07 Å². The minimum atomic E-state index is -0.756. The van der Waals surface area contributed by atoms with Crippen LogP contribution in [0.2, 0.25) is 0 Å². The SMILES string of the molecule is CC[C@H](Nc1nc(N)nc(N)c1C#N)c1nc2c(F)ccc(C#N)c2c(=O)n1-c1cccnc1. The topological polar surface area (TPSA) is 185 Å². The average Bonchev–Trinajstić information content (AvgIpc) is 2.83. The number of aromatic nitrogens is 5. The zero-order valence-corrected chi connectivity index (χ0v) is 17.8. The first-order valence-corrected chi connectivity index (χ1v) is 10.0. The van der Waals surface area contributed by atoms with Crippen molar-refractivity contribution in [2.24, 2.45) is 0 Å². The third-order valence-electron chi connectivity index (χ3n) is 5.12. The van der Waals surface area contributed by atoms with Gasteiger partial charge in [-0.05, 0) is 30.7 Å². The highest BCUT2D eigenvalue weighted by molar-refractivity contribution is 5.85. The van der Waals surface area contributed by atoms with Gasteiger partial charge >= 0.3 is 0 Å². The number of nitrogen functional groups attached to an aromatic ring is 2. The van der Waals surface area contributed by atoms with Crippen molar-refractivity contribution >= 4 is 28.5 Å². The Bertz CT molecular complexity index is 1550. The molecule has 5 N–H and O–H groups in total. The molecule has 0 saturated heterocycles. The number of halogens is 1. The lowest BCUT2D eigenvalue weighted by atomic mass is 10.1.